The largest absolute Gasteiger partial charge is 0.329 e. The fraction of sp³-hybridized carbons (Fsp3) is 0.312. The van der Waals surface area contributed by atoms with Crippen LogP contribution in [0.1, 0.15) is 30.2 Å². The summed E-state index contributed by atoms with van der Waals surface area (Å²) in [5.74, 6) is 1.59. The molecule has 0 N–H and O–H groups in total. The van der Waals surface area contributed by atoms with E-state index in [-0.39, 0.29) is 11.9 Å². The van der Waals surface area contributed by atoms with Crippen LogP contribution >= 0.6 is 0 Å². The molecule has 2 aromatic heterocycles. The molecule has 4 rings (SSSR count). The van der Waals surface area contributed by atoms with E-state index in [1.165, 1.54) is 6.33 Å². The summed E-state index contributed by atoms with van der Waals surface area (Å²) in [6, 6.07) is 9.64. The minimum atomic E-state index is -0.328. The maximum absolute atomic E-state index is 12.8. The van der Waals surface area contributed by atoms with E-state index in [1.54, 1.807) is 11.0 Å². The Morgan fingerprint density at radius 3 is 2.75 bits per heavy atom. The van der Waals surface area contributed by atoms with Crippen molar-refractivity contribution < 1.29 is 4.79 Å². The molecule has 0 unspecified atom stereocenters. The topological polar surface area (TPSA) is 81.7 Å². The maximum Gasteiger partial charge on any atom is 0.246 e. The van der Waals surface area contributed by atoms with Gasteiger partial charge in [-0.1, -0.05) is 30.3 Å². The summed E-state index contributed by atoms with van der Waals surface area (Å²) in [4.78, 5) is 18.5. The Kier molecular flexibility index (Phi) is 3.56. The predicted octanol–water partition coefficient (Wildman–Crippen LogP) is 1.02. The van der Waals surface area contributed by atoms with Crippen molar-refractivity contribution in [2.75, 3.05) is 0 Å². The summed E-state index contributed by atoms with van der Waals surface area (Å²) < 4.78 is 3.58. The quantitative estimate of drug-likeness (QED) is 0.716. The molecule has 122 valence electrons. The van der Waals surface area contributed by atoms with Crippen LogP contribution in [0.4, 0.5) is 0 Å². The number of fused-ring (bicyclic) bond motifs is 1. The van der Waals surface area contributed by atoms with Crippen LogP contribution < -0.4 is 0 Å². The first-order valence-corrected chi connectivity index (χ1v) is 7.80. The van der Waals surface area contributed by atoms with Crippen LogP contribution in [0.25, 0.3) is 0 Å². The first kappa shape index (κ1) is 14.6. The standard InChI is InChI=1S/C16H17N7O/c1-12-16(24)21(7-13-5-3-2-4-6-13)8-14-19-20-15(23(12)14)9-22-11-17-10-18-22/h2-6,10-12H,7-9H2,1H3/t12-/m1/s1. The first-order valence-electron chi connectivity index (χ1n) is 7.80. The van der Waals surface area contributed by atoms with Gasteiger partial charge in [0.25, 0.3) is 0 Å². The van der Waals surface area contributed by atoms with E-state index < -0.39 is 0 Å². The van der Waals surface area contributed by atoms with Crippen molar-refractivity contribution >= 4 is 5.91 Å². The highest BCUT2D eigenvalue weighted by Crippen LogP contribution is 2.24. The molecule has 1 atom stereocenters. The lowest BCUT2D eigenvalue weighted by Crippen LogP contribution is -2.41. The van der Waals surface area contributed by atoms with Crippen LogP contribution in [0.5, 0.6) is 0 Å². The molecular weight excluding hydrogens is 306 g/mol. The number of hydrogen-bond acceptors (Lipinski definition) is 5. The molecule has 0 radical (unpaired) electrons. The lowest BCUT2D eigenvalue weighted by atomic mass is 10.1. The van der Waals surface area contributed by atoms with E-state index in [9.17, 15) is 4.79 Å². The molecule has 0 spiro atoms. The maximum atomic E-state index is 12.8. The molecular formula is C16H17N7O. The number of rotatable bonds is 4. The summed E-state index contributed by atoms with van der Waals surface area (Å²) in [5.41, 5.74) is 1.11. The number of carbonyl (C=O) groups is 1. The predicted molar refractivity (Wildman–Crippen MR) is 84.6 cm³/mol. The fourth-order valence-corrected chi connectivity index (χ4v) is 3.04. The Balaban J connectivity index is 1.59. The first-order chi connectivity index (χ1) is 11.7. The number of aromatic nitrogens is 6. The molecule has 1 aliphatic rings. The van der Waals surface area contributed by atoms with Gasteiger partial charge in [-0.05, 0) is 12.5 Å². The minimum Gasteiger partial charge on any atom is -0.329 e. The number of amides is 1. The smallest absolute Gasteiger partial charge is 0.246 e. The second-order valence-electron chi connectivity index (χ2n) is 5.85. The third-order valence-electron chi connectivity index (χ3n) is 4.21. The number of hydrogen-bond donors (Lipinski definition) is 0. The molecule has 3 aromatic rings. The van der Waals surface area contributed by atoms with Gasteiger partial charge in [-0.25, -0.2) is 9.67 Å². The second-order valence-corrected chi connectivity index (χ2v) is 5.85. The van der Waals surface area contributed by atoms with Gasteiger partial charge in [0.05, 0.1) is 6.54 Å². The summed E-state index contributed by atoms with van der Waals surface area (Å²) in [6.07, 6.45) is 3.10. The molecule has 1 aromatic carbocycles. The van der Waals surface area contributed by atoms with Crippen molar-refractivity contribution in [1.82, 2.24) is 34.4 Å². The molecule has 8 nitrogen and oxygen atoms in total. The van der Waals surface area contributed by atoms with Crippen LogP contribution in [-0.4, -0.2) is 40.3 Å². The molecule has 0 aliphatic carbocycles. The molecule has 0 fully saturated rings. The molecule has 8 heteroatoms. The van der Waals surface area contributed by atoms with Gasteiger partial charge in [0, 0.05) is 6.54 Å². The van der Waals surface area contributed by atoms with E-state index in [4.69, 9.17) is 0 Å². The summed E-state index contributed by atoms with van der Waals surface area (Å²) >= 11 is 0. The van der Waals surface area contributed by atoms with Crippen molar-refractivity contribution in [2.45, 2.75) is 32.6 Å². The molecule has 0 bridgehead atoms. The highest BCUT2D eigenvalue weighted by molar-refractivity contribution is 5.81. The highest BCUT2D eigenvalue weighted by Gasteiger charge is 2.33. The second kappa shape index (κ2) is 5.88. The monoisotopic (exact) mass is 323 g/mol. The molecule has 1 aliphatic heterocycles. The minimum absolute atomic E-state index is 0.0750. The SMILES string of the molecule is C[C@@H]1C(=O)N(Cc2ccccc2)Cc2nnc(Cn3cncn3)n21. The number of nitrogens with zero attached hydrogens (tertiary/aromatic N) is 7. The number of benzene rings is 1. The average molecular weight is 323 g/mol. The zero-order valence-electron chi connectivity index (χ0n) is 13.3. The van der Waals surface area contributed by atoms with Gasteiger partial charge in [0.2, 0.25) is 5.91 Å². The van der Waals surface area contributed by atoms with Crippen LogP contribution in [0, 0.1) is 0 Å². The van der Waals surface area contributed by atoms with E-state index in [1.807, 2.05) is 46.7 Å². The van der Waals surface area contributed by atoms with Crippen molar-refractivity contribution in [3.05, 3.63) is 60.2 Å². The van der Waals surface area contributed by atoms with Gasteiger partial charge in [-0.2, -0.15) is 5.10 Å². The molecule has 3 heterocycles. The third-order valence-corrected chi connectivity index (χ3v) is 4.21. The molecule has 1 amide bonds. The molecule has 0 saturated carbocycles. The van der Waals surface area contributed by atoms with Gasteiger partial charge in [0.15, 0.2) is 11.6 Å². The summed E-state index contributed by atoms with van der Waals surface area (Å²) in [7, 11) is 0. The normalized spacial score (nSPS) is 17.1. The van der Waals surface area contributed by atoms with Crippen molar-refractivity contribution in [2.24, 2.45) is 0 Å². The Labute approximate surface area is 138 Å². The third kappa shape index (κ3) is 2.55. The average Bonchev–Trinajstić information content (AvgIpc) is 3.24. The van der Waals surface area contributed by atoms with E-state index >= 15 is 0 Å². The van der Waals surface area contributed by atoms with Crippen molar-refractivity contribution in [3.8, 4) is 0 Å². The summed E-state index contributed by atoms with van der Waals surface area (Å²) in [6.45, 7) is 3.37. The van der Waals surface area contributed by atoms with Gasteiger partial charge < -0.3 is 4.90 Å². The Hall–Kier alpha value is -3.03. The van der Waals surface area contributed by atoms with Gasteiger partial charge in [-0.15, -0.1) is 10.2 Å². The van der Waals surface area contributed by atoms with Crippen LogP contribution in [0.15, 0.2) is 43.0 Å². The molecule has 24 heavy (non-hydrogen) atoms. The number of carbonyl (C=O) groups excluding carboxylic acids is 1. The van der Waals surface area contributed by atoms with E-state index in [0.29, 0.717) is 19.6 Å². The lowest BCUT2D eigenvalue weighted by molar-refractivity contribution is -0.137. The Morgan fingerprint density at radius 1 is 1.17 bits per heavy atom. The van der Waals surface area contributed by atoms with Crippen molar-refractivity contribution in [3.63, 3.8) is 0 Å². The van der Waals surface area contributed by atoms with Gasteiger partial charge >= 0.3 is 0 Å². The Morgan fingerprint density at radius 2 is 2.00 bits per heavy atom. The summed E-state index contributed by atoms with van der Waals surface area (Å²) in [5, 5.41) is 12.6. The zero-order valence-corrected chi connectivity index (χ0v) is 13.3. The van der Waals surface area contributed by atoms with Crippen molar-refractivity contribution in [1.29, 1.82) is 0 Å². The van der Waals surface area contributed by atoms with Crippen LogP contribution in [0.3, 0.4) is 0 Å². The van der Waals surface area contributed by atoms with Crippen LogP contribution in [0.2, 0.25) is 0 Å². The molecule has 0 saturated heterocycles. The van der Waals surface area contributed by atoms with Gasteiger partial charge in [0.1, 0.15) is 25.2 Å². The zero-order chi connectivity index (χ0) is 16.5. The lowest BCUT2D eigenvalue weighted by Gasteiger charge is -2.32. The Bertz CT molecular complexity index is 841. The van der Waals surface area contributed by atoms with Gasteiger partial charge in [-0.3, -0.25) is 9.36 Å². The van der Waals surface area contributed by atoms with E-state index in [2.05, 4.69) is 20.3 Å². The fourth-order valence-electron chi connectivity index (χ4n) is 3.04. The van der Waals surface area contributed by atoms with E-state index in [0.717, 1.165) is 17.2 Å². The highest BCUT2D eigenvalue weighted by atomic mass is 16.2. The van der Waals surface area contributed by atoms with Crippen LogP contribution in [-0.2, 0) is 24.4 Å².